The van der Waals surface area contributed by atoms with Crippen LogP contribution in [0.3, 0.4) is 0 Å². The molecule has 4 aromatic rings. The number of nitrogens with zero attached hydrogens (tertiary/aromatic N) is 3. The largest absolute Gasteiger partial charge is 0.445 e. The number of oxazole rings is 1. The van der Waals surface area contributed by atoms with E-state index in [1.165, 1.54) is 35.2 Å². The van der Waals surface area contributed by atoms with Crippen LogP contribution in [0.2, 0.25) is 0 Å². The van der Waals surface area contributed by atoms with Gasteiger partial charge in [0.15, 0.2) is 10.3 Å². The van der Waals surface area contributed by atoms with Gasteiger partial charge in [-0.2, -0.15) is 0 Å². The Morgan fingerprint density at radius 2 is 2.10 bits per heavy atom. The minimum Gasteiger partial charge on any atom is -0.445 e. The number of hydrogen-bond acceptors (Lipinski definition) is 8. The number of thiazole rings is 2. The third kappa shape index (κ3) is 4.42. The van der Waals surface area contributed by atoms with E-state index in [9.17, 15) is 4.79 Å². The second-order valence-corrected chi connectivity index (χ2v) is 8.59. The predicted molar refractivity (Wildman–Crippen MR) is 121 cm³/mol. The van der Waals surface area contributed by atoms with Crippen molar-refractivity contribution in [3.05, 3.63) is 47.3 Å². The number of aryl methyl sites for hydroxylation is 2. The molecule has 0 aliphatic rings. The Kier molecular flexibility index (Phi) is 5.91. The Balaban J connectivity index is 1.61. The average molecular weight is 440 g/mol. The van der Waals surface area contributed by atoms with E-state index in [0.717, 1.165) is 45.5 Å². The third-order valence-electron chi connectivity index (χ3n) is 4.37. The van der Waals surface area contributed by atoms with Crippen LogP contribution >= 0.6 is 22.7 Å². The Bertz CT molecular complexity index is 1160. The number of nitrogens with one attached hydrogen (secondary N) is 2. The molecule has 9 heteroatoms. The molecule has 0 fully saturated rings. The molecule has 2 N–H and O–H groups in total. The average Bonchev–Trinajstić information content (AvgIpc) is 3.44. The molecule has 7 nitrogen and oxygen atoms in total. The zero-order valence-corrected chi connectivity index (χ0v) is 18.5. The topological polar surface area (TPSA) is 92.9 Å². The maximum Gasteiger partial charge on any atom is 0.225 e. The Morgan fingerprint density at radius 1 is 1.23 bits per heavy atom. The maximum absolute atomic E-state index is 11.3. The zero-order valence-electron chi connectivity index (χ0n) is 16.9. The van der Waals surface area contributed by atoms with Gasteiger partial charge in [-0.15, -0.1) is 11.3 Å². The molecule has 0 bridgehead atoms. The standard InChI is InChI=1S/C21H21N5O2S2/c1-4-5-14-6-7-15(19-22-8-9-28-19)10-16(14)25-20-26-17(11-29-20)18-12(2)23-21(30-18)24-13(3)27/h6-11H,4-5H2,1-3H3,(H,25,26)(H,23,24,27). The lowest BCUT2D eigenvalue weighted by Gasteiger charge is -2.11. The monoisotopic (exact) mass is 439 g/mol. The highest BCUT2D eigenvalue weighted by molar-refractivity contribution is 7.20. The normalized spacial score (nSPS) is 10.9. The van der Waals surface area contributed by atoms with E-state index in [1.54, 1.807) is 12.5 Å². The lowest BCUT2D eigenvalue weighted by atomic mass is 10.0. The molecule has 0 aliphatic heterocycles. The fourth-order valence-electron chi connectivity index (χ4n) is 3.07. The molecule has 4 rings (SSSR count). The summed E-state index contributed by atoms with van der Waals surface area (Å²) >= 11 is 2.96. The van der Waals surface area contributed by atoms with E-state index in [-0.39, 0.29) is 5.91 Å². The fraction of sp³-hybridized carbons (Fsp3) is 0.238. The lowest BCUT2D eigenvalue weighted by Crippen LogP contribution is -2.04. The number of carbonyl (C=O) groups excluding carboxylic acids is 1. The van der Waals surface area contributed by atoms with E-state index in [4.69, 9.17) is 9.40 Å². The van der Waals surface area contributed by atoms with Crippen molar-refractivity contribution in [3.63, 3.8) is 0 Å². The number of hydrogen-bond donors (Lipinski definition) is 2. The van der Waals surface area contributed by atoms with Crippen LogP contribution < -0.4 is 10.6 Å². The zero-order chi connectivity index (χ0) is 21.1. The first-order valence-electron chi connectivity index (χ1n) is 9.54. The van der Waals surface area contributed by atoms with Gasteiger partial charge in [0.1, 0.15) is 6.26 Å². The summed E-state index contributed by atoms with van der Waals surface area (Å²) < 4.78 is 5.44. The molecule has 0 unspecified atom stereocenters. The summed E-state index contributed by atoms with van der Waals surface area (Å²) in [6.45, 7) is 5.55. The molecule has 1 aromatic carbocycles. The minimum absolute atomic E-state index is 0.134. The highest BCUT2D eigenvalue weighted by Crippen LogP contribution is 2.36. The highest BCUT2D eigenvalue weighted by Gasteiger charge is 2.15. The molecule has 154 valence electrons. The van der Waals surface area contributed by atoms with Gasteiger partial charge in [0.05, 0.1) is 22.5 Å². The Hall–Kier alpha value is -3.04. The summed E-state index contributed by atoms with van der Waals surface area (Å²) in [7, 11) is 0. The first-order chi connectivity index (χ1) is 14.5. The van der Waals surface area contributed by atoms with Crippen LogP contribution in [0.5, 0.6) is 0 Å². The van der Waals surface area contributed by atoms with Crippen molar-refractivity contribution in [2.45, 2.75) is 33.6 Å². The van der Waals surface area contributed by atoms with Crippen LogP contribution in [0.1, 0.15) is 31.5 Å². The second kappa shape index (κ2) is 8.76. The van der Waals surface area contributed by atoms with Crippen molar-refractivity contribution in [2.75, 3.05) is 10.6 Å². The van der Waals surface area contributed by atoms with Gasteiger partial charge in [0.2, 0.25) is 11.8 Å². The molecule has 0 saturated heterocycles. The van der Waals surface area contributed by atoms with Crippen molar-refractivity contribution in [1.29, 1.82) is 0 Å². The van der Waals surface area contributed by atoms with Crippen LogP contribution in [-0.2, 0) is 11.2 Å². The SMILES string of the molecule is CCCc1ccc(-c2ncco2)cc1Nc1nc(-c2sc(NC(C)=O)nc2C)cs1. The van der Waals surface area contributed by atoms with E-state index in [0.29, 0.717) is 11.0 Å². The molecule has 0 atom stereocenters. The van der Waals surface area contributed by atoms with Gasteiger partial charge < -0.3 is 15.1 Å². The molecule has 0 saturated carbocycles. The fourth-order valence-corrected chi connectivity index (χ4v) is 4.83. The summed E-state index contributed by atoms with van der Waals surface area (Å²) in [6, 6.07) is 6.18. The van der Waals surface area contributed by atoms with Crippen molar-refractivity contribution in [1.82, 2.24) is 15.0 Å². The third-order valence-corrected chi connectivity index (χ3v) is 6.22. The molecular formula is C21H21N5O2S2. The van der Waals surface area contributed by atoms with E-state index in [1.807, 2.05) is 24.4 Å². The van der Waals surface area contributed by atoms with Gasteiger partial charge in [-0.05, 0) is 31.0 Å². The highest BCUT2D eigenvalue weighted by atomic mass is 32.1. The van der Waals surface area contributed by atoms with Crippen molar-refractivity contribution >= 4 is 44.5 Å². The van der Waals surface area contributed by atoms with E-state index < -0.39 is 0 Å². The molecule has 1 amide bonds. The molecular weight excluding hydrogens is 418 g/mol. The molecule has 3 aromatic heterocycles. The summed E-state index contributed by atoms with van der Waals surface area (Å²) in [5.41, 5.74) is 4.81. The molecule has 0 radical (unpaired) electrons. The van der Waals surface area contributed by atoms with Crippen LogP contribution in [0.15, 0.2) is 40.5 Å². The first-order valence-corrected chi connectivity index (χ1v) is 11.2. The van der Waals surface area contributed by atoms with Gasteiger partial charge in [-0.3, -0.25) is 4.79 Å². The smallest absolute Gasteiger partial charge is 0.225 e. The Labute approximate surface area is 182 Å². The van der Waals surface area contributed by atoms with Gasteiger partial charge in [0.25, 0.3) is 0 Å². The molecule has 30 heavy (non-hydrogen) atoms. The molecule has 0 aliphatic carbocycles. The first kappa shape index (κ1) is 20.2. The number of carbonyl (C=O) groups is 1. The van der Waals surface area contributed by atoms with Gasteiger partial charge in [0, 0.05) is 23.6 Å². The molecule has 0 spiro atoms. The van der Waals surface area contributed by atoms with Crippen LogP contribution in [0, 0.1) is 6.92 Å². The van der Waals surface area contributed by atoms with Crippen molar-refractivity contribution < 1.29 is 9.21 Å². The van der Waals surface area contributed by atoms with Crippen LogP contribution in [0.25, 0.3) is 22.0 Å². The van der Waals surface area contributed by atoms with Gasteiger partial charge >= 0.3 is 0 Å². The summed E-state index contributed by atoms with van der Waals surface area (Å²) in [5, 5.41) is 9.57. The quantitative estimate of drug-likeness (QED) is 0.373. The second-order valence-electron chi connectivity index (χ2n) is 6.74. The lowest BCUT2D eigenvalue weighted by molar-refractivity contribution is -0.114. The predicted octanol–water partition coefficient (Wildman–Crippen LogP) is 5.88. The van der Waals surface area contributed by atoms with Gasteiger partial charge in [-0.1, -0.05) is 30.7 Å². The minimum atomic E-state index is -0.134. The van der Waals surface area contributed by atoms with Gasteiger partial charge in [-0.25, -0.2) is 15.0 Å². The number of rotatable bonds is 7. The number of anilines is 3. The number of amides is 1. The summed E-state index contributed by atoms with van der Waals surface area (Å²) in [4.78, 5) is 25.7. The van der Waals surface area contributed by atoms with E-state index in [2.05, 4.69) is 33.6 Å². The molecule has 3 heterocycles. The maximum atomic E-state index is 11.3. The Morgan fingerprint density at radius 3 is 2.83 bits per heavy atom. The number of aromatic nitrogens is 3. The van der Waals surface area contributed by atoms with Crippen LogP contribution in [0.4, 0.5) is 16.0 Å². The van der Waals surface area contributed by atoms with Crippen molar-refractivity contribution in [2.24, 2.45) is 0 Å². The van der Waals surface area contributed by atoms with E-state index >= 15 is 0 Å². The van der Waals surface area contributed by atoms with Crippen molar-refractivity contribution in [3.8, 4) is 22.0 Å². The number of benzene rings is 1. The summed E-state index contributed by atoms with van der Waals surface area (Å²) in [5.74, 6) is 0.456. The van der Waals surface area contributed by atoms with Crippen LogP contribution in [-0.4, -0.2) is 20.9 Å². The summed E-state index contributed by atoms with van der Waals surface area (Å²) in [6.07, 6.45) is 5.22.